The Morgan fingerprint density at radius 2 is 1.73 bits per heavy atom. The zero-order chi connectivity index (χ0) is 20.1. The van der Waals surface area contributed by atoms with Gasteiger partial charge < -0.3 is 20.3 Å². The summed E-state index contributed by atoms with van der Waals surface area (Å²) in [6.07, 6.45) is -0.531. The largest absolute Gasteiger partial charge is 0.444 e. The molecular weight excluding hydrogens is 334 g/mol. The molecule has 1 aromatic rings. The van der Waals surface area contributed by atoms with E-state index in [9.17, 15) is 14.4 Å². The lowest BCUT2D eigenvalue weighted by atomic mass is 10.0. The second kappa shape index (κ2) is 8.21. The molecule has 0 bridgehead atoms. The number of carbonyl (C=O) groups is 3. The summed E-state index contributed by atoms with van der Waals surface area (Å²) >= 11 is 0. The Morgan fingerprint density at radius 3 is 2.27 bits per heavy atom. The van der Waals surface area contributed by atoms with E-state index >= 15 is 0 Å². The van der Waals surface area contributed by atoms with Crippen LogP contribution in [0.4, 0.5) is 10.5 Å². The van der Waals surface area contributed by atoms with E-state index in [0.717, 1.165) is 0 Å². The van der Waals surface area contributed by atoms with E-state index in [2.05, 4.69) is 10.6 Å². The van der Waals surface area contributed by atoms with Crippen LogP contribution in [0.3, 0.4) is 0 Å². The van der Waals surface area contributed by atoms with Crippen molar-refractivity contribution in [1.82, 2.24) is 10.2 Å². The molecule has 0 aliphatic rings. The van der Waals surface area contributed by atoms with Gasteiger partial charge in [0.1, 0.15) is 5.60 Å². The molecule has 0 aliphatic heterocycles. The van der Waals surface area contributed by atoms with Crippen LogP contribution in [0.1, 0.15) is 51.9 Å². The number of benzene rings is 1. The molecule has 0 spiro atoms. The average molecular weight is 363 g/mol. The van der Waals surface area contributed by atoms with Gasteiger partial charge in [0.15, 0.2) is 0 Å². The van der Waals surface area contributed by atoms with Gasteiger partial charge in [0.25, 0.3) is 5.91 Å². The summed E-state index contributed by atoms with van der Waals surface area (Å²) in [5.41, 5.74) is -0.261. The molecule has 0 radical (unpaired) electrons. The normalized spacial score (nSPS) is 11.5. The van der Waals surface area contributed by atoms with Gasteiger partial charge in [-0.25, -0.2) is 4.79 Å². The van der Waals surface area contributed by atoms with Crippen molar-refractivity contribution in [2.24, 2.45) is 0 Å². The Labute approximate surface area is 155 Å². The van der Waals surface area contributed by atoms with Crippen LogP contribution in [-0.2, 0) is 9.53 Å². The van der Waals surface area contributed by atoms with Crippen LogP contribution in [0.2, 0.25) is 0 Å². The molecule has 0 unspecified atom stereocenters. The van der Waals surface area contributed by atoms with Crippen molar-refractivity contribution in [1.29, 1.82) is 0 Å². The number of hydrogen-bond donors (Lipinski definition) is 2. The van der Waals surface area contributed by atoms with Gasteiger partial charge in [0, 0.05) is 31.8 Å². The van der Waals surface area contributed by atoms with Crippen molar-refractivity contribution >= 4 is 23.6 Å². The maximum Gasteiger partial charge on any atom is 0.408 e. The summed E-state index contributed by atoms with van der Waals surface area (Å²) in [6, 6.07) is 6.72. The Hall–Kier alpha value is -2.57. The molecule has 0 aliphatic carbocycles. The van der Waals surface area contributed by atoms with E-state index in [-0.39, 0.29) is 18.4 Å². The molecule has 0 heterocycles. The van der Waals surface area contributed by atoms with Crippen molar-refractivity contribution in [3.8, 4) is 0 Å². The molecule has 3 amide bonds. The number of anilines is 1. The lowest BCUT2D eigenvalue weighted by Gasteiger charge is -2.32. The predicted octanol–water partition coefficient (Wildman–Crippen LogP) is 3.02. The van der Waals surface area contributed by atoms with Crippen molar-refractivity contribution < 1.29 is 19.1 Å². The second-order valence-corrected chi connectivity index (χ2v) is 7.93. The zero-order valence-corrected chi connectivity index (χ0v) is 16.6. The Morgan fingerprint density at radius 1 is 1.12 bits per heavy atom. The lowest BCUT2D eigenvalue weighted by molar-refractivity contribution is -0.114. The minimum absolute atomic E-state index is 0.203. The third-order valence-corrected chi connectivity index (χ3v) is 3.25. The Kier molecular flexibility index (Phi) is 6.78. The number of carbonyl (C=O) groups excluding carboxylic acids is 3. The highest BCUT2D eigenvalue weighted by atomic mass is 16.6. The summed E-state index contributed by atoms with van der Waals surface area (Å²) in [5.74, 6) is -0.415. The molecule has 0 saturated heterocycles. The fourth-order valence-electron chi connectivity index (χ4n) is 2.44. The number of nitrogens with one attached hydrogen (secondary N) is 2. The molecule has 7 nitrogen and oxygen atoms in total. The number of ether oxygens (including phenoxy) is 1. The standard InChI is InChI=1S/C19H29N3O4/c1-13(23)20-15-10-8-9-14(11-15)16(24)22(7)12-19(5,6)21-17(25)26-18(2,3)4/h8-11H,12H2,1-7H3,(H,20,23)(H,21,25). The van der Waals surface area contributed by atoms with E-state index in [1.807, 2.05) is 13.8 Å². The first-order chi connectivity index (χ1) is 11.8. The van der Waals surface area contributed by atoms with Crippen LogP contribution in [-0.4, -0.2) is 47.5 Å². The number of hydrogen-bond acceptors (Lipinski definition) is 4. The quantitative estimate of drug-likeness (QED) is 0.842. The van der Waals surface area contributed by atoms with Crippen LogP contribution < -0.4 is 10.6 Å². The fourth-order valence-corrected chi connectivity index (χ4v) is 2.44. The molecule has 26 heavy (non-hydrogen) atoms. The highest BCUT2D eigenvalue weighted by Gasteiger charge is 2.27. The number of amides is 3. The molecule has 1 aromatic carbocycles. The van der Waals surface area contributed by atoms with E-state index in [1.54, 1.807) is 52.1 Å². The first kappa shape index (κ1) is 21.5. The SMILES string of the molecule is CC(=O)Nc1cccc(C(=O)N(C)CC(C)(C)NC(=O)OC(C)(C)C)c1. The molecule has 7 heteroatoms. The summed E-state index contributed by atoms with van der Waals surface area (Å²) in [7, 11) is 1.66. The van der Waals surface area contributed by atoms with Crippen LogP contribution in [0, 0.1) is 0 Å². The minimum atomic E-state index is -0.679. The summed E-state index contributed by atoms with van der Waals surface area (Å²) in [5, 5.41) is 5.43. The Balaban J connectivity index is 2.76. The van der Waals surface area contributed by atoms with E-state index in [1.165, 1.54) is 11.8 Å². The van der Waals surface area contributed by atoms with Gasteiger partial charge in [-0.05, 0) is 52.8 Å². The number of likely N-dealkylation sites (N-methyl/N-ethyl adjacent to an activating group) is 1. The molecule has 144 valence electrons. The van der Waals surface area contributed by atoms with Crippen LogP contribution in [0.5, 0.6) is 0 Å². The lowest BCUT2D eigenvalue weighted by Crippen LogP contribution is -2.52. The van der Waals surface area contributed by atoms with Gasteiger partial charge >= 0.3 is 6.09 Å². The number of alkyl carbamates (subject to hydrolysis) is 1. The number of rotatable bonds is 5. The Bertz CT molecular complexity index is 678. The summed E-state index contributed by atoms with van der Waals surface area (Å²) < 4.78 is 5.26. The predicted molar refractivity (Wildman–Crippen MR) is 101 cm³/mol. The first-order valence-corrected chi connectivity index (χ1v) is 8.43. The molecular formula is C19H29N3O4. The van der Waals surface area contributed by atoms with Gasteiger partial charge in [0.2, 0.25) is 5.91 Å². The minimum Gasteiger partial charge on any atom is -0.444 e. The monoisotopic (exact) mass is 363 g/mol. The summed E-state index contributed by atoms with van der Waals surface area (Å²) in [6.45, 7) is 10.7. The van der Waals surface area contributed by atoms with Gasteiger partial charge in [-0.2, -0.15) is 0 Å². The van der Waals surface area contributed by atoms with Crippen molar-refractivity contribution in [3.05, 3.63) is 29.8 Å². The van der Waals surface area contributed by atoms with Crippen LogP contribution >= 0.6 is 0 Å². The first-order valence-electron chi connectivity index (χ1n) is 8.43. The molecule has 2 N–H and O–H groups in total. The average Bonchev–Trinajstić information content (AvgIpc) is 2.42. The third-order valence-electron chi connectivity index (χ3n) is 3.25. The molecule has 0 saturated carbocycles. The molecule has 0 aromatic heterocycles. The van der Waals surface area contributed by atoms with Crippen molar-refractivity contribution in [3.63, 3.8) is 0 Å². The molecule has 1 rings (SSSR count). The van der Waals surface area contributed by atoms with Gasteiger partial charge in [-0.1, -0.05) is 6.07 Å². The highest BCUT2D eigenvalue weighted by molar-refractivity contribution is 5.96. The zero-order valence-electron chi connectivity index (χ0n) is 16.6. The van der Waals surface area contributed by atoms with Crippen LogP contribution in [0.15, 0.2) is 24.3 Å². The highest BCUT2D eigenvalue weighted by Crippen LogP contribution is 2.15. The van der Waals surface area contributed by atoms with Gasteiger partial charge in [0.05, 0.1) is 5.54 Å². The van der Waals surface area contributed by atoms with E-state index in [4.69, 9.17) is 4.74 Å². The maximum absolute atomic E-state index is 12.6. The third kappa shape index (κ3) is 7.55. The van der Waals surface area contributed by atoms with Crippen molar-refractivity contribution in [2.75, 3.05) is 18.9 Å². The van der Waals surface area contributed by atoms with E-state index in [0.29, 0.717) is 11.3 Å². The van der Waals surface area contributed by atoms with Crippen molar-refractivity contribution in [2.45, 2.75) is 52.7 Å². The second-order valence-electron chi connectivity index (χ2n) is 7.93. The summed E-state index contributed by atoms with van der Waals surface area (Å²) in [4.78, 5) is 37.3. The van der Waals surface area contributed by atoms with Gasteiger partial charge in [-0.15, -0.1) is 0 Å². The molecule has 0 fully saturated rings. The fraction of sp³-hybridized carbons (Fsp3) is 0.526. The topological polar surface area (TPSA) is 87.7 Å². The molecule has 0 atom stereocenters. The van der Waals surface area contributed by atoms with E-state index < -0.39 is 17.2 Å². The smallest absolute Gasteiger partial charge is 0.408 e. The van der Waals surface area contributed by atoms with Gasteiger partial charge in [-0.3, -0.25) is 9.59 Å². The number of nitrogens with zero attached hydrogens (tertiary/aromatic N) is 1. The van der Waals surface area contributed by atoms with Crippen LogP contribution in [0.25, 0.3) is 0 Å². The maximum atomic E-state index is 12.6.